The Labute approximate surface area is 284 Å². The molecule has 0 bridgehead atoms. The van der Waals surface area contributed by atoms with Crippen molar-refractivity contribution in [3.63, 3.8) is 0 Å². The molecule has 0 unspecified atom stereocenters. The number of fused-ring (bicyclic) bond motifs is 8. The van der Waals surface area contributed by atoms with E-state index < -0.39 is 30.2 Å². The second-order valence-electron chi connectivity index (χ2n) is 11.7. The van der Waals surface area contributed by atoms with Crippen LogP contribution in [0.5, 0.6) is 0 Å². The summed E-state index contributed by atoms with van der Waals surface area (Å²) in [7, 11) is 0. The van der Waals surface area contributed by atoms with Gasteiger partial charge >= 0.3 is 0 Å². The molecule has 1 nitrogen and oxygen atoms in total. The van der Waals surface area contributed by atoms with Gasteiger partial charge in [0.1, 0.15) is 11.2 Å². The summed E-state index contributed by atoms with van der Waals surface area (Å²) in [5.74, 6) is 0. The zero-order chi connectivity index (χ0) is 38.7. The minimum atomic E-state index is -0.536. The van der Waals surface area contributed by atoms with E-state index in [0.717, 1.165) is 49.2 Å². The second-order valence-corrected chi connectivity index (χ2v) is 11.7. The molecule has 0 saturated carbocycles. The molecule has 1 heteroatoms. The summed E-state index contributed by atoms with van der Waals surface area (Å²) in [6.45, 7) is 0. The highest BCUT2D eigenvalue weighted by Gasteiger charge is 2.18. The molecule has 0 saturated heterocycles. The Morgan fingerprint density at radius 1 is 0.383 bits per heavy atom. The molecule has 10 aromatic rings. The first kappa shape index (κ1) is 18.7. The molecular weight excluding hydrogens is 569 g/mol. The molecule has 0 aliphatic heterocycles. The lowest BCUT2D eigenvalue weighted by Crippen LogP contribution is -1.91. The molecule has 218 valence electrons. The summed E-state index contributed by atoms with van der Waals surface area (Å²) < 4.78 is 86.3. The molecule has 1 heterocycles. The van der Waals surface area contributed by atoms with Crippen LogP contribution < -0.4 is 0 Å². The smallest absolute Gasteiger partial charge is 0.143 e. The Morgan fingerprint density at radius 2 is 1.04 bits per heavy atom. The van der Waals surface area contributed by atoms with Crippen LogP contribution in [0.25, 0.3) is 98.4 Å². The number of rotatable bonds is 3. The van der Waals surface area contributed by atoms with Gasteiger partial charge in [0.05, 0.1) is 12.3 Å². The van der Waals surface area contributed by atoms with E-state index in [1.165, 1.54) is 5.39 Å². The molecular formula is C46H28O. The Hall–Kier alpha value is -6.18. The van der Waals surface area contributed by atoms with Crippen LogP contribution in [0.3, 0.4) is 0 Å². The van der Waals surface area contributed by atoms with Crippen molar-refractivity contribution < 1.29 is 16.8 Å². The predicted molar refractivity (Wildman–Crippen MR) is 200 cm³/mol. The summed E-state index contributed by atoms with van der Waals surface area (Å²) in [6.07, 6.45) is 0. The van der Waals surface area contributed by atoms with Crippen LogP contribution in [0.15, 0.2) is 174 Å². The SMILES string of the molecule is [2H]c1c(-c2c3ccccc3c(-c3cccc(-c4ccc5ccccc5c4)c3)c3ccccc23)c([2H])c2c(oc3c4c([2H])c([2H])c([2H])c([2H])c4c([2H])c([2H])c32)c1[2H]. The van der Waals surface area contributed by atoms with E-state index >= 15 is 0 Å². The van der Waals surface area contributed by atoms with Crippen molar-refractivity contribution in [1.29, 1.82) is 0 Å². The molecule has 47 heavy (non-hydrogen) atoms. The van der Waals surface area contributed by atoms with E-state index in [0.29, 0.717) is 5.56 Å². The van der Waals surface area contributed by atoms with Crippen LogP contribution in [-0.2, 0) is 0 Å². The molecule has 10 rings (SSSR count). The Kier molecular flexibility index (Phi) is 4.05. The third-order valence-electron chi connectivity index (χ3n) is 9.10. The fourth-order valence-electron chi connectivity index (χ4n) is 6.97. The van der Waals surface area contributed by atoms with Gasteiger partial charge in [0.15, 0.2) is 0 Å². The number of benzene rings is 9. The number of hydrogen-bond donors (Lipinski definition) is 0. The summed E-state index contributed by atoms with van der Waals surface area (Å²) in [5, 5.41) is 5.39. The van der Waals surface area contributed by atoms with Gasteiger partial charge in [0.2, 0.25) is 0 Å². The monoisotopic (exact) mass is 605 g/mol. The molecule has 1 aromatic heterocycles. The minimum Gasteiger partial charge on any atom is -0.455 e. The quantitative estimate of drug-likeness (QED) is 0.183. The van der Waals surface area contributed by atoms with E-state index in [9.17, 15) is 4.11 Å². The molecule has 0 aliphatic rings. The average Bonchev–Trinajstić information content (AvgIpc) is 3.63. The van der Waals surface area contributed by atoms with Crippen molar-refractivity contribution in [2.24, 2.45) is 0 Å². The van der Waals surface area contributed by atoms with Gasteiger partial charge < -0.3 is 4.42 Å². The van der Waals surface area contributed by atoms with Crippen molar-refractivity contribution in [2.45, 2.75) is 0 Å². The minimum absolute atomic E-state index is 0.00184. The van der Waals surface area contributed by atoms with Gasteiger partial charge in [-0.15, -0.1) is 0 Å². The van der Waals surface area contributed by atoms with Crippen molar-refractivity contribution in [3.05, 3.63) is 170 Å². The molecule has 9 aromatic carbocycles. The molecule has 0 spiro atoms. The maximum Gasteiger partial charge on any atom is 0.143 e. The first-order valence-corrected chi connectivity index (χ1v) is 15.4. The normalized spacial score (nSPS) is 14.5. The third-order valence-corrected chi connectivity index (χ3v) is 9.10. The van der Waals surface area contributed by atoms with Crippen LogP contribution >= 0.6 is 0 Å². The Balaban J connectivity index is 1.29. The van der Waals surface area contributed by atoms with E-state index in [1.54, 1.807) is 0 Å². The highest BCUT2D eigenvalue weighted by atomic mass is 16.3. The lowest BCUT2D eigenvalue weighted by atomic mass is 9.85. The zero-order valence-corrected chi connectivity index (χ0v) is 24.9. The summed E-state index contributed by atoms with van der Waals surface area (Å²) in [5.41, 5.74) is 4.59. The molecule has 0 amide bonds. The van der Waals surface area contributed by atoms with Gasteiger partial charge in [-0.25, -0.2) is 0 Å². The first-order valence-electron chi connectivity index (χ1n) is 19.9. The van der Waals surface area contributed by atoms with E-state index in [-0.39, 0.29) is 62.4 Å². The maximum absolute atomic E-state index is 9.75. The van der Waals surface area contributed by atoms with Crippen molar-refractivity contribution in [1.82, 2.24) is 0 Å². The zero-order valence-electron chi connectivity index (χ0n) is 33.9. The van der Waals surface area contributed by atoms with Gasteiger partial charge in [0, 0.05) is 16.2 Å². The van der Waals surface area contributed by atoms with Crippen molar-refractivity contribution >= 4 is 65.0 Å². The fourth-order valence-corrected chi connectivity index (χ4v) is 6.97. The van der Waals surface area contributed by atoms with Crippen LogP contribution in [0, 0.1) is 0 Å². The van der Waals surface area contributed by atoms with Gasteiger partial charge in [-0.1, -0.05) is 139 Å². The van der Waals surface area contributed by atoms with Crippen molar-refractivity contribution in [2.75, 3.05) is 0 Å². The van der Waals surface area contributed by atoms with Crippen LogP contribution in [0.1, 0.15) is 12.3 Å². The Morgan fingerprint density at radius 3 is 1.83 bits per heavy atom. The summed E-state index contributed by atoms with van der Waals surface area (Å²) in [6, 6.07) is 35.3. The van der Waals surface area contributed by atoms with Crippen LogP contribution in [-0.4, -0.2) is 0 Å². The Bertz CT molecular complexity index is 3310. The fraction of sp³-hybridized carbons (Fsp3) is 0. The standard InChI is InChI=1S/C46H28O/c1-2-12-31-26-33(21-20-29(31)10-1)32-13-9-14-34(27-32)44-37-16-5-7-18-39(37)45(40-19-8-6-17-38(40)44)35-23-25-43-42(28-35)41-24-22-30-11-3-4-15-36(30)46(41)47-43/h1-28H/i3D,4D,11D,15D,22D,23D,24D,25D,28D. The van der Waals surface area contributed by atoms with Gasteiger partial charge in [-0.2, -0.15) is 0 Å². The van der Waals surface area contributed by atoms with Crippen LogP contribution in [0.2, 0.25) is 0 Å². The highest BCUT2D eigenvalue weighted by molar-refractivity contribution is 6.23. The van der Waals surface area contributed by atoms with E-state index in [2.05, 4.69) is 54.6 Å². The predicted octanol–water partition coefficient (Wildman–Crippen LogP) is 13.2. The number of hydrogen-bond acceptors (Lipinski definition) is 1. The largest absolute Gasteiger partial charge is 0.455 e. The summed E-state index contributed by atoms with van der Waals surface area (Å²) in [4.78, 5) is 0. The van der Waals surface area contributed by atoms with Crippen molar-refractivity contribution in [3.8, 4) is 33.4 Å². The first-order chi connectivity index (χ1) is 27.1. The molecule has 0 fully saturated rings. The summed E-state index contributed by atoms with van der Waals surface area (Å²) >= 11 is 0. The number of furan rings is 1. The van der Waals surface area contributed by atoms with Gasteiger partial charge in [-0.3, -0.25) is 0 Å². The van der Waals surface area contributed by atoms with E-state index in [4.69, 9.17) is 12.6 Å². The van der Waals surface area contributed by atoms with Gasteiger partial charge in [0.25, 0.3) is 0 Å². The van der Waals surface area contributed by atoms with E-state index in [1.807, 2.05) is 60.7 Å². The molecule has 0 radical (unpaired) electrons. The lowest BCUT2D eigenvalue weighted by molar-refractivity contribution is 0.672. The maximum atomic E-state index is 9.75. The average molecular weight is 606 g/mol. The van der Waals surface area contributed by atoms with Gasteiger partial charge in [-0.05, 0) is 101 Å². The third kappa shape index (κ3) is 4.03. The highest BCUT2D eigenvalue weighted by Crippen LogP contribution is 2.45. The molecule has 0 N–H and O–H groups in total. The topological polar surface area (TPSA) is 13.1 Å². The second kappa shape index (κ2) is 10.2. The van der Waals surface area contributed by atoms with Crippen LogP contribution in [0.4, 0.5) is 0 Å². The lowest BCUT2D eigenvalue weighted by Gasteiger charge is -2.18. The molecule has 0 aliphatic carbocycles. The molecule has 0 atom stereocenters.